The monoisotopic (exact) mass is 139 g/mol. The third-order valence-corrected chi connectivity index (χ3v) is 2.07. The summed E-state index contributed by atoms with van der Waals surface area (Å²) in [6, 6.07) is 0. The molecule has 0 spiro atoms. The minimum atomic E-state index is 1.03. The SMILES string of the molecule is C1=C2CNCCN2CCN1. The lowest BCUT2D eigenvalue weighted by Gasteiger charge is -2.35. The maximum atomic E-state index is 3.33. The predicted molar refractivity (Wildman–Crippen MR) is 40.5 cm³/mol. The van der Waals surface area contributed by atoms with Crippen LogP contribution in [-0.2, 0) is 0 Å². The molecule has 0 aromatic rings. The fraction of sp³-hybridized carbons (Fsp3) is 0.714. The van der Waals surface area contributed by atoms with Crippen molar-refractivity contribution in [2.24, 2.45) is 0 Å². The van der Waals surface area contributed by atoms with E-state index in [0.29, 0.717) is 0 Å². The Hall–Kier alpha value is -0.700. The average molecular weight is 139 g/mol. The second-order valence-electron chi connectivity index (χ2n) is 2.75. The van der Waals surface area contributed by atoms with Crippen LogP contribution >= 0.6 is 0 Å². The highest BCUT2D eigenvalue weighted by atomic mass is 15.2. The molecule has 2 aliphatic rings. The van der Waals surface area contributed by atoms with Gasteiger partial charge in [-0.05, 0) is 0 Å². The Morgan fingerprint density at radius 2 is 2.20 bits per heavy atom. The molecule has 1 saturated heterocycles. The van der Waals surface area contributed by atoms with Crippen LogP contribution < -0.4 is 10.6 Å². The molecule has 0 aliphatic carbocycles. The van der Waals surface area contributed by atoms with Gasteiger partial charge in [0.05, 0.1) is 0 Å². The number of hydrogen-bond acceptors (Lipinski definition) is 3. The van der Waals surface area contributed by atoms with E-state index in [4.69, 9.17) is 0 Å². The third-order valence-electron chi connectivity index (χ3n) is 2.07. The smallest absolute Gasteiger partial charge is 0.0434 e. The van der Waals surface area contributed by atoms with Crippen molar-refractivity contribution in [2.75, 3.05) is 32.7 Å². The molecule has 0 radical (unpaired) electrons. The van der Waals surface area contributed by atoms with Gasteiger partial charge in [-0.1, -0.05) is 0 Å². The number of rotatable bonds is 0. The fourth-order valence-corrected chi connectivity index (χ4v) is 1.47. The lowest BCUT2D eigenvalue weighted by molar-refractivity contribution is 0.287. The Morgan fingerprint density at radius 1 is 1.30 bits per heavy atom. The Balaban J connectivity index is 2.08. The maximum absolute atomic E-state index is 3.33. The standard InChI is InChI=1S/C7H13N3/c1-3-10-4-2-9-6-7(10)5-8-1/h5,8-9H,1-4,6H2. The van der Waals surface area contributed by atoms with E-state index >= 15 is 0 Å². The van der Waals surface area contributed by atoms with Crippen LogP contribution in [0.2, 0.25) is 0 Å². The van der Waals surface area contributed by atoms with E-state index in [-0.39, 0.29) is 0 Å². The molecule has 0 saturated carbocycles. The van der Waals surface area contributed by atoms with Crippen molar-refractivity contribution in [3.8, 4) is 0 Å². The highest BCUT2D eigenvalue weighted by molar-refractivity contribution is 5.07. The normalized spacial score (nSPS) is 24.8. The molecule has 3 heteroatoms. The van der Waals surface area contributed by atoms with Crippen LogP contribution in [0.4, 0.5) is 0 Å². The Kier molecular flexibility index (Phi) is 1.51. The molecule has 0 atom stereocenters. The van der Waals surface area contributed by atoms with Crippen molar-refractivity contribution >= 4 is 0 Å². The van der Waals surface area contributed by atoms with Gasteiger partial charge >= 0.3 is 0 Å². The summed E-state index contributed by atoms with van der Waals surface area (Å²) in [4.78, 5) is 2.44. The molecule has 2 rings (SSSR count). The minimum Gasteiger partial charge on any atom is -0.388 e. The van der Waals surface area contributed by atoms with Crippen LogP contribution in [0.5, 0.6) is 0 Å². The minimum absolute atomic E-state index is 1.03. The van der Waals surface area contributed by atoms with E-state index < -0.39 is 0 Å². The van der Waals surface area contributed by atoms with Crippen molar-refractivity contribution < 1.29 is 0 Å². The van der Waals surface area contributed by atoms with E-state index in [1.54, 1.807) is 0 Å². The first-order valence-electron chi connectivity index (χ1n) is 3.85. The van der Waals surface area contributed by atoms with Crippen molar-refractivity contribution in [3.63, 3.8) is 0 Å². The lowest BCUT2D eigenvalue weighted by atomic mass is 10.2. The zero-order chi connectivity index (χ0) is 6.81. The van der Waals surface area contributed by atoms with Crippen LogP contribution in [-0.4, -0.2) is 37.6 Å². The summed E-state index contributed by atoms with van der Waals surface area (Å²) in [6.45, 7) is 5.62. The van der Waals surface area contributed by atoms with Gasteiger partial charge in [0.15, 0.2) is 0 Å². The number of piperazine rings is 1. The molecular weight excluding hydrogens is 126 g/mol. The summed E-state index contributed by atoms with van der Waals surface area (Å²) in [5.74, 6) is 0. The van der Waals surface area contributed by atoms with E-state index in [9.17, 15) is 0 Å². The van der Waals surface area contributed by atoms with Crippen molar-refractivity contribution in [1.82, 2.24) is 15.5 Å². The van der Waals surface area contributed by atoms with Gasteiger partial charge in [0.25, 0.3) is 0 Å². The summed E-state index contributed by atoms with van der Waals surface area (Å²) in [6.07, 6.45) is 2.12. The van der Waals surface area contributed by atoms with Crippen molar-refractivity contribution in [3.05, 3.63) is 11.9 Å². The zero-order valence-electron chi connectivity index (χ0n) is 6.06. The van der Waals surface area contributed by atoms with Gasteiger partial charge in [-0.25, -0.2) is 0 Å². The van der Waals surface area contributed by atoms with Crippen LogP contribution in [0.25, 0.3) is 0 Å². The van der Waals surface area contributed by atoms with Gasteiger partial charge < -0.3 is 15.5 Å². The average Bonchev–Trinajstić information content (AvgIpc) is 2.05. The first-order chi connectivity index (χ1) is 4.97. The first kappa shape index (κ1) is 6.04. The van der Waals surface area contributed by atoms with Gasteiger partial charge in [-0.2, -0.15) is 0 Å². The molecule has 10 heavy (non-hydrogen) atoms. The topological polar surface area (TPSA) is 27.3 Å². The van der Waals surface area contributed by atoms with Gasteiger partial charge in [-0.3, -0.25) is 0 Å². The van der Waals surface area contributed by atoms with Gasteiger partial charge in [-0.15, -0.1) is 0 Å². The lowest BCUT2D eigenvalue weighted by Crippen LogP contribution is -2.47. The Bertz CT molecular complexity index is 153. The van der Waals surface area contributed by atoms with Crippen LogP contribution in [0, 0.1) is 0 Å². The molecule has 0 aromatic carbocycles. The molecular formula is C7H13N3. The molecule has 2 aliphatic heterocycles. The molecule has 2 heterocycles. The highest BCUT2D eigenvalue weighted by Gasteiger charge is 2.15. The van der Waals surface area contributed by atoms with E-state index in [0.717, 1.165) is 19.6 Å². The number of hydrogen-bond donors (Lipinski definition) is 2. The van der Waals surface area contributed by atoms with Gasteiger partial charge in [0, 0.05) is 44.6 Å². The predicted octanol–water partition coefficient (Wildman–Crippen LogP) is -0.664. The third kappa shape index (κ3) is 0.968. The summed E-state index contributed by atoms with van der Waals surface area (Å²) >= 11 is 0. The Labute approximate surface area is 61.1 Å². The molecule has 0 unspecified atom stereocenters. The van der Waals surface area contributed by atoms with Crippen LogP contribution in [0.1, 0.15) is 0 Å². The molecule has 0 aromatic heterocycles. The molecule has 0 amide bonds. The van der Waals surface area contributed by atoms with Crippen LogP contribution in [0.3, 0.4) is 0 Å². The zero-order valence-corrected chi connectivity index (χ0v) is 6.06. The number of nitrogens with zero attached hydrogens (tertiary/aromatic N) is 1. The summed E-state index contributed by atoms with van der Waals surface area (Å²) in [7, 11) is 0. The number of nitrogens with one attached hydrogen (secondary N) is 2. The molecule has 2 N–H and O–H groups in total. The van der Waals surface area contributed by atoms with E-state index in [1.807, 2.05) is 0 Å². The van der Waals surface area contributed by atoms with E-state index in [2.05, 4.69) is 21.7 Å². The van der Waals surface area contributed by atoms with Gasteiger partial charge in [0.2, 0.25) is 0 Å². The van der Waals surface area contributed by atoms with E-state index in [1.165, 1.54) is 18.8 Å². The molecule has 1 fully saturated rings. The second kappa shape index (κ2) is 2.50. The fourth-order valence-electron chi connectivity index (χ4n) is 1.47. The van der Waals surface area contributed by atoms with Crippen molar-refractivity contribution in [1.29, 1.82) is 0 Å². The number of fused-ring (bicyclic) bond motifs is 1. The van der Waals surface area contributed by atoms with Crippen LogP contribution in [0.15, 0.2) is 11.9 Å². The highest BCUT2D eigenvalue weighted by Crippen LogP contribution is 2.07. The second-order valence-corrected chi connectivity index (χ2v) is 2.75. The largest absolute Gasteiger partial charge is 0.388 e. The first-order valence-corrected chi connectivity index (χ1v) is 3.85. The van der Waals surface area contributed by atoms with Gasteiger partial charge in [0.1, 0.15) is 0 Å². The Morgan fingerprint density at radius 3 is 3.10 bits per heavy atom. The quantitative estimate of drug-likeness (QED) is 0.466. The molecule has 3 nitrogen and oxygen atoms in total. The summed E-state index contributed by atoms with van der Waals surface area (Å²) < 4.78 is 0. The summed E-state index contributed by atoms with van der Waals surface area (Å²) in [5, 5.41) is 6.57. The molecule has 56 valence electrons. The maximum Gasteiger partial charge on any atom is 0.0434 e. The van der Waals surface area contributed by atoms with Crippen molar-refractivity contribution in [2.45, 2.75) is 0 Å². The summed E-state index contributed by atoms with van der Waals surface area (Å²) in [5.41, 5.74) is 1.41. The molecule has 0 bridgehead atoms.